The lowest BCUT2D eigenvalue weighted by Gasteiger charge is -2.34. The average Bonchev–Trinajstić information content (AvgIpc) is 3.05. The highest BCUT2D eigenvalue weighted by Crippen LogP contribution is 2.23. The first-order chi connectivity index (χ1) is 11.4. The van der Waals surface area contributed by atoms with Gasteiger partial charge in [-0.3, -0.25) is 4.79 Å². The van der Waals surface area contributed by atoms with Crippen LogP contribution in [-0.2, 0) is 4.79 Å². The Bertz CT molecular complexity index is 764. The first-order valence-corrected chi connectivity index (χ1v) is 7.46. The molecule has 0 saturated carbocycles. The summed E-state index contributed by atoms with van der Waals surface area (Å²) in [7, 11) is 0. The highest BCUT2D eigenvalue weighted by molar-refractivity contribution is 5.92. The first-order valence-electron chi connectivity index (χ1n) is 7.46. The van der Waals surface area contributed by atoms with Crippen molar-refractivity contribution < 1.29 is 24.2 Å². The second-order valence-corrected chi connectivity index (χ2v) is 5.75. The fourth-order valence-corrected chi connectivity index (χ4v) is 2.63. The molecule has 2 heterocycles. The van der Waals surface area contributed by atoms with E-state index in [1.807, 2.05) is 0 Å². The van der Waals surface area contributed by atoms with Crippen LogP contribution in [0.15, 0.2) is 36.5 Å². The molecule has 0 unspecified atom stereocenters. The molecule has 8 heteroatoms. The molecule has 1 aromatic heterocycles. The maximum absolute atomic E-state index is 12.9. The van der Waals surface area contributed by atoms with Crippen molar-refractivity contribution in [2.24, 2.45) is 0 Å². The van der Waals surface area contributed by atoms with Crippen molar-refractivity contribution in [3.8, 4) is 5.69 Å². The Morgan fingerprint density at radius 3 is 2.33 bits per heavy atom. The number of benzene rings is 1. The van der Waals surface area contributed by atoms with E-state index in [1.54, 1.807) is 24.4 Å². The smallest absolute Gasteiger partial charge is 0.335 e. The zero-order valence-electron chi connectivity index (χ0n) is 12.7. The lowest BCUT2D eigenvalue weighted by molar-refractivity contribution is -0.162. The minimum atomic E-state index is -1.77. The third-order valence-corrected chi connectivity index (χ3v) is 4.18. The summed E-state index contributed by atoms with van der Waals surface area (Å²) in [5, 5.41) is 23.1. The number of aliphatic hydroxyl groups is 1. The van der Waals surface area contributed by atoms with E-state index in [0.717, 1.165) is 0 Å². The highest BCUT2D eigenvalue weighted by Gasteiger charge is 2.40. The van der Waals surface area contributed by atoms with Crippen LogP contribution in [0.5, 0.6) is 0 Å². The standard InChI is InChI=1S/C16H16FN3O4/c17-11-1-3-12(4-2-11)20-8-5-13(18-20)14(21)19-9-6-16(24,7-10-19)15(22)23/h1-5,8,24H,6-7,9-10H2,(H,22,23). The van der Waals surface area contributed by atoms with Crippen molar-refractivity contribution >= 4 is 11.9 Å². The van der Waals surface area contributed by atoms with Crippen molar-refractivity contribution in [3.63, 3.8) is 0 Å². The van der Waals surface area contributed by atoms with Crippen molar-refractivity contribution in [2.45, 2.75) is 18.4 Å². The van der Waals surface area contributed by atoms with Gasteiger partial charge in [-0.1, -0.05) is 0 Å². The van der Waals surface area contributed by atoms with Crippen LogP contribution in [0.25, 0.3) is 5.69 Å². The predicted molar refractivity (Wildman–Crippen MR) is 81.2 cm³/mol. The van der Waals surface area contributed by atoms with Gasteiger partial charge in [0.1, 0.15) is 5.82 Å². The first kappa shape index (κ1) is 16.1. The number of nitrogens with zero attached hydrogens (tertiary/aromatic N) is 3. The Morgan fingerprint density at radius 2 is 1.75 bits per heavy atom. The Labute approximate surface area is 136 Å². The van der Waals surface area contributed by atoms with Crippen LogP contribution in [0.1, 0.15) is 23.3 Å². The van der Waals surface area contributed by atoms with E-state index in [4.69, 9.17) is 5.11 Å². The number of rotatable bonds is 3. The van der Waals surface area contributed by atoms with Crippen LogP contribution in [0.3, 0.4) is 0 Å². The normalized spacial score (nSPS) is 16.8. The molecule has 0 bridgehead atoms. The number of carbonyl (C=O) groups excluding carboxylic acids is 1. The Hall–Kier alpha value is -2.74. The molecule has 126 valence electrons. The molecule has 1 amide bonds. The van der Waals surface area contributed by atoms with Gasteiger partial charge in [0.2, 0.25) is 0 Å². The third kappa shape index (κ3) is 3.00. The molecule has 24 heavy (non-hydrogen) atoms. The van der Waals surface area contributed by atoms with Gasteiger partial charge in [0.15, 0.2) is 11.3 Å². The number of piperidine rings is 1. The summed E-state index contributed by atoms with van der Waals surface area (Å²) in [6.45, 7) is 0.288. The maximum Gasteiger partial charge on any atom is 0.335 e. The van der Waals surface area contributed by atoms with E-state index in [2.05, 4.69) is 5.10 Å². The van der Waals surface area contributed by atoms with Gasteiger partial charge >= 0.3 is 5.97 Å². The van der Waals surface area contributed by atoms with Crippen molar-refractivity contribution in [1.29, 1.82) is 0 Å². The van der Waals surface area contributed by atoms with Gasteiger partial charge in [0, 0.05) is 32.1 Å². The number of carboxylic acids is 1. The fraction of sp³-hybridized carbons (Fsp3) is 0.312. The molecule has 0 spiro atoms. The Morgan fingerprint density at radius 1 is 1.12 bits per heavy atom. The van der Waals surface area contributed by atoms with Crippen LogP contribution in [0.4, 0.5) is 4.39 Å². The van der Waals surface area contributed by atoms with E-state index in [0.29, 0.717) is 5.69 Å². The second-order valence-electron chi connectivity index (χ2n) is 5.75. The third-order valence-electron chi connectivity index (χ3n) is 4.18. The van der Waals surface area contributed by atoms with Gasteiger partial charge in [-0.05, 0) is 30.3 Å². The lowest BCUT2D eigenvalue weighted by atomic mass is 9.91. The summed E-state index contributed by atoms with van der Waals surface area (Å²) < 4.78 is 14.4. The van der Waals surface area contributed by atoms with Crippen LogP contribution in [0, 0.1) is 5.82 Å². The van der Waals surface area contributed by atoms with Gasteiger partial charge < -0.3 is 15.1 Å². The molecular weight excluding hydrogens is 317 g/mol. The second kappa shape index (κ2) is 6.04. The average molecular weight is 333 g/mol. The highest BCUT2D eigenvalue weighted by atomic mass is 19.1. The summed E-state index contributed by atoms with van der Waals surface area (Å²) in [6.07, 6.45) is 1.55. The SMILES string of the molecule is O=C(c1ccn(-c2ccc(F)cc2)n1)N1CCC(O)(C(=O)O)CC1. The quantitative estimate of drug-likeness (QED) is 0.876. The number of likely N-dealkylation sites (tertiary alicyclic amines) is 1. The number of hydrogen-bond donors (Lipinski definition) is 2. The molecular formula is C16H16FN3O4. The van der Waals surface area contributed by atoms with Crippen molar-refractivity contribution in [3.05, 3.63) is 48.0 Å². The largest absolute Gasteiger partial charge is 0.479 e. The molecule has 1 fully saturated rings. The molecule has 0 atom stereocenters. The van der Waals surface area contributed by atoms with Crippen LogP contribution < -0.4 is 0 Å². The summed E-state index contributed by atoms with van der Waals surface area (Å²) in [6, 6.07) is 7.24. The topological polar surface area (TPSA) is 95.7 Å². The van der Waals surface area contributed by atoms with E-state index >= 15 is 0 Å². The minimum absolute atomic E-state index is 0.0211. The number of halogens is 1. The van der Waals surface area contributed by atoms with E-state index in [1.165, 1.54) is 21.7 Å². The van der Waals surface area contributed by atoms with E-state index in [9.17, 15) is 19.1 Å². The number of carbonyl (C=O) groups is 2. The number of amides is 1. The predicted octanol–water partition coefficient (Wildman–Crippen LogP) is 1.06. The summed E-state index contributed by atoms with van der Waals surface area (Å²) in [5.41, 5.74) is -0.945. The van der Waals surface area contributed by atoms with Crippen molar-refractivity contribution in [2.75, 3.05) is 13.1 Å². The maximum atomic E-state index is 12.9. The van der Waals surface area contributed by atoms with Crippen LogP contribution >= 0.6 is 0 Å². The Balaban J connectivity index is 1.71. The van der Waals surface area contributed by atoms with Gasteiger partial charge in [0.05, 0.1) is 5.69 Å². The Kier molecular flexibility index (Phi) is 4.06. The molecule has 7 nitrogen and oxygen atoms in total. The molecule has 2 aromatic rings. The van der Waals surface area contributed by atoms with Gasteiger partial charge in [-0.2, -0.15) is 5.10 Å². The fourth-order valence-electron chi connectivity index (χ4n) is 2.63. The molecule has 1 aromatic carbocycles. The van der Waals surface area contributed by atoms with Gasteiger partial charge in [-0.15, -0.1) is 0 Å². The van der Waals surface area contributed by atoms with Crippen LogP contribution in [-0.4, -0.2) is 55.5 Å². The lowest BCUT2D eigenvalue weighted by Crippen LogP contribution is -2.50. The summed E-state index contributed by atoms with van der Waals surface area (Å²) in [4.78, 5) is 24.9. The zero-order valence-corrected chi connectivity index (χ0v) is 12.7. The number of carboxylic acid groups (broad SMARTS) is 1. The minimum Gasteiger partial charge on any atom is -0.479 e. The molecule has 3 rings (SSSR count). The molecule has 0 radical (unpaired) electrons. The monoisotopic (exact) mass is 333 g/mol. The van der Waals surface area contributed by atoms with Crippen molar-refractivity contribution in [1.82, 2.24) is 14.7 Å². The van der Waals surface area contributed by atoms with Gasteiger partial charge in [0.25, 0.3) is 5.91 Å². The van der Waals surface area contributed by atoms with Crippen LogP contribution in [0.2, 0.25) is 0 Å². The molecule has 1 aliphatic rings. The zero-order chi connectivity index (χ0) is 17.3. The molecule has 0 aliphatic carbocycles. The summed E-state index contributed by atoms with van der Waals surface area (Å²) >= 11 is 0. The van der Waals surface area contributed by atoms with E-state index in [-0.39, 0.29) is 43.3 Å². The summed E-state index contributed by atoms with van der Waals surface area (Å²) in [5.74, 6) is -1.96. The molecule has 1 saturated heterocycles. The number of hydrogen-bond acceptors (Lipinski definition) is 4. The number of aliphatic carboxylic acids is 1. The molecule has 2 N–H and O–H groups in total. The molecule has 1 aliphatic heterocycles. The van der Waals surface area contributed by atoms with E-state index < -0.39 is 11.6 Å². The number of aromatic nitrogens is 2. The van der Waals surface area contributed by atoms with Gasteiger partial charge in [-0.25, -0.2) is 13.9 Å².